The fraction of sp³-hybridized carbons (Fsp3) is 0.600. The van der Waals surface area contributed by atoms with Crippen LogP contribution in [0.15, 0.2) is 30.3 Å². The number of benzene rings is 1. The van der Waals surface area contributed by atoms with Gasteiger partial charge in [0.1, 0.15) is 17.6 Å². The molecule has 2 aliphatic heterocycles. The number of nitrogens with one attached hydrogen (secondary N) is 1. The molecule has 0 radical (unpaired) electrons. The van der Waals surface area contributed by atoms with E-state index in [0.717, 1.165) is 5.56 Å². The van der Waals surface area contributed by atoms with Crippen LogP contribution >= 0.6 is 0 Å². The van der Waals surface area contributed by atoms with Crippen molar-refractivity contribution in [1.82, 2.24) is 15.1 Å². The summed E-state index contributed by atoms with van der Waals surface area (Å²) in [5.74, 6) is -1.96. The van der Waals surface area contributed by atoms with Gasteiger partial charge in [0.2, 0.25) is 23.6 Å². The quantitative estimate of drug-likeness (QED) is 0.373. The van der Waals surface area contributed by atoms with Gasteiger partial charge in [-0.25, -0.2) is 0 Å². The second-order valence-corrected chi connectivity index (χ2v) is 9.59. The fourth-order valence-electron chi connectivity index (χ4n) is 5.19. The second kappa shape index (κ2) is 11.2. The molecule has 4 amide bonds. The first-order valence-corrected chi connectivity index (χ1v) is 12.3. The van der Waals surface area contributed by atoms with Crippen molar-refractivity contribution < 1.29 is 24.3 Å². The minimum Gasteiger partial charge on any atom is -0.391 e. The monoisotopic (exact) mass is 487 g/mol. The Hall–Kier alpha value is -2.98. The molecule has 0 unspecified atom stereocenters. The van der Waals surface area contributed by atoms with Crippen molar-refractivity contribution in [3.05, 3.63) is 35.9 Å². The van der Waals surface area contributed by atoms with Gasteiger partial charge < -0.3 is 31.7 Å². The van der Waals surface area contributed by atoms with Crippen LogP contribution in [-0.4, -0.2) is 81.4 Å². The lowest BCUT2D eigenvalue weighted by Crippen LogP contribution is -2.65. The van der Waals surface area contributed by atoms with Gasteiger partial charge in [-0.1, -0.05) is 37.3 Å². The number of nitrogens with two attached hydrogens (primary N) is 2. The van der Waals surface area contributed by atoms with Crippen molar-refractivity contribution in [3.63, 3.8) is 0 Å². The molecule has 35 heavy (non-hydrogen) atoms. The van der Waals surface area contributed by atoms with Crippen molar-refractivity contribution >= 4 is 23.6 Å². The SMILES string of the molecule is CC[C@H](N)C(=O)N1CCC[C@H]1C(=O)N1CCC[C@@]1(Cc1ccccc1)C(=O)N[C@H](C(N)=O)[C@@H](C)O. The predicted molar refractivity (Wildman–Crippen MR) is 130 cm³/mol. The van der Waals surface area contributed by atoms with Crippen molar-refractivity contribution in [3.8, 4) is 0 Å². The van der Waals surface area contributed by atoms with Crippen LogP contribution in [0.3, 0.4) is 0 Å². The predicted octanol–water partition coefficient (Wildman–Crippen LogP) is -0.330. The van der Waals surface area contributed by atoms with Crippen LogP contribution in [0, 0.1) is 0 Å². The molecule has 10 nitrogen and oxygen atoms in total. The van der Waals surface area contributed by atoms with Crippen LogP contribution in [-0.2, 0) is 25.6 Å². The molecule has 2 aliphatic rings. The van der Waals surface area contributed by atoms with Crippen LogP contribution in [0.25, 0.3) is 0 Å². The summed E-state index contributed by atoms with van der Waals surface area (Å²) in [5.41, 5.74) is 11.0. The van der Waals surface area contributed by atoms with Gasteiger partial charge in [-0.3, -0.25) is 19.2 Å². The van der Waals surface area contributed by atoms with Gasteiger partial charge in [-0.05, 0) is 44.6 Å². The number of aliphatic hydroxyl groups excluding tert-OH is 1. The normalized spacial score (nSPS) is 24.6. The molecule has 192 valence electrons. The van der Waals surface area contributed by atoms with Gasteiger partial charge in [-0.2, -0.15) is 0 Å². The summed E-state index contributed by atoms with van der Waals surface area (Å²) in [6.45, 7) is 3.98. The molecule has 1 aromatic carbocycles. The lowest BCUT2D eigenvalue weighted by molar-refractivity contribution is -0.152. The van der Waals surface area contributed by atoms with E-state index in [0.29, 0.717) is 45.2 Å². The molecular formula is C25H37N5O5. The van der Waals surface area contributed by atoms with E-state index in [9.17, 15) is 24.3 Å². The first kappa shape index (κ1) is 26.6. The first-order chi connectivity index (χ1) is 16.6. The zero-order chi connectivity index (χ0) is 25.8. The summed E-state index contributed by atoms with van der Waals surface area (Å²) in [4.78, 5) is 55.5. The average molecular weight is 488 g/mol. The summed E-state index contributed by atoms with van der Waals surface area (Å²) < 4.78 is 0. The Labute approximate surface area is 206 Å². The summed E-state index contributed by atoms with van der Waals surface area (Å²) in [5, 5.41) is 12.6. The summed E-state index contributed by atoms with van der Waals surface area (Å²) >= 11 is 0. The lowest BCUT2D eigenvalue weighted by atomic mass is 9.86. The van der Waals surface area contributed by atoms with E-state index in [2.05, 4.69) is 5.32 Å². The lowest BCUT2D eigenvalue weighted by Gasteiger charge is -2.41. The van der Waals surface area contributed by atoms with E-state index < -0.39 is 41.6 Å². The zero-order valence-corrected chi connectivity index (χ0v) is 20.5. The Balaban J connectivity index is 1.96. The van der Waals surface area contributed by atoms with Gasteiger partial charge in [0.25, 0.3) is 0 Å². The number of likely N-dealkylation sites (tertiary alicyclic amines) is 2. The van der Waals surface area contributed by atoms with E-state index >= 15 is 0 Å². The molecular weight excluding hydrogens is 450 g/mol. The van der Waals surface area contributed by atoms with Crippen LogP contribution in [0.1, 0.15) is 51.5 Å². The molecule has 2 heterocycles. The number of nitrogens with zero attached hydrogens (tertiary/aromatic N) is 2. The van der Waals surface area contributed by atoms with Gasteiger partial charge in [0, 0.05) is 19.5 Å². The number of hydrogen-bond acceptors (Lipinski definition) is 6. The van der Waals surface area contributed by atoms with Crippen LogP contribution in [0.4, 0.5) is 0 Å². The molecule has 3 rings (SSSR count). The molecule has 5 atom stereocenters. The van der Waals surface area contributed by atoms with Crippen LogP contribution in [0.2, 0.25) is 0 Å². The average Bonchev–Trinajstić information content (AvgIpc) is 3.49. The largest absolute Gasteiger partial charge is 0.391 e. The molecule has 0 saturated carbocycles. The maximum Gasteiger partial charge on any atom is 0.247 e. The smallest absolute Gasteiger partial charge is 0.247 e. The molecule has 0 spiro atoms. The highest BCUT2D eigenvalue weighted by Crippen LogP contribution is 2.36. The molecule has 0 aromatic heterocycles. The Bertz CT molecular complexity index is 939. The third-order valence-electron chi connectivity index (χ3n) is 7.17. The maximum absolute atomic E-state index is 13.9. The molecule has 1 aromatic rings. The van der Waals surface area contributed by atoms with Gasteiger partial charge in [-0.15, -0.1) is 0 Å². The maximum atomic E-state index is 13.9. The third kappa shape index (κ3) is 5.48. The Morgan fingerprint density at radius 2 is 1.86 bits per heavy atom. The highest BCUT2D eigenvalue weighted by atomic mass is 16.3. The standard InChI is InChI=1S/C25H37N5O5/c1-3-18(26)22(33)29-13-7-11-19(29)23(34)30-14-8-12-25(30,15-17-9-5-4-6-10-17)24(35)28-20(16(2)31)21(27)32/h4-6,9-10,16,18-20,31H,3,7-8,11-15,26H2,1-2H3,(H2,27,32)(H,28,35)/t16-,18+,19+,20+,25-/m1/s1. The Morgan fingerprint density at radius 3 is 2.46 bits per heavy atom. The minimum absolute atomic E-state index is 0.228. The molecule has 0 bridgehead atoms. The van der Waals surface area contributed by atoms with E-state index in [1.807, 2.05) is 37.3 Å². The second-order valence-electron chi connectivity index (χ2n) is 9.59. The summed E-state index contributed by atoms with van der Waals surface area (Å²) in [6.07, 6.45) is 1.62. The number of aliphatic hydroxyl groups is 1. The van der Waals surface area contributed by atoms with Crippen molar-refractivity contribution in [2.24, 2.45) is 11.5 Å². The number of carbonyl (C=O) groups excluding carboxylic acids is 4. The number of amides is 4. The highest BCUT2D eigenvalue weighted by molar-refractivity contribution is 5.98. The number of primary amides is 1. The topological polar surface area (TPSA) is 159 Å². The molecule has 10 heteroatoms. The molecule has 6 N–H and O–H groups in total. The minimum atomic E-state index is -1.29. The molecule has 2 fully saturated rings. The van der Waals surface area contributed by atoms with Crippen molar-refractivity contribution in [2.45, 2.75) is 82.1 Å². The van der Waals surface area contributed by atoms with Gasteiger partial charge >= 0.3 is 0 Å². The number of carbonyl (C=O) groups is 4. The van der Waals surface area contributed by atoms with Crippen molar-refractivity contribution in [2.75, 3.05) is 13.1 Å². The van der Waals surface area contributed by atoms with Crippen LogP contribution in [0.5, 0.6) is 0 Å². The fourth-order valence-corrected chi connectivity index (χ4v) is 5.19. The number of hydrogen-bond donors (Lipinski definition) is 4. The zero-order valence-electron chi connectivity index (χ0n) is 20.5. The number of rotatable bonds is 9. The summed E-state index contributed by atoms with van der Waals surface area (Å²) in [6, 6.07) is 6.67. The molecule has 2 saturated heterocycles. The third-order valence-corrected chi connectivity index (χ3v) is 7.17. The van der Waals surface area contributed by atoms with E-state index in [1.54, 1.807) is 9.80 Å². The summed E-state index contributed by atoms with van der Waals surface area (Å²) in [7, 11) is 0. The Kier molecular flexibility index (Phi) is 8.50. The van der Waals surface area contributed by atoms with Gasteiger partial charge in [0.05, 0.1) is 12.1 Å². The first-order valence-electron chi connectivity index (χ1n) is 12.3. The Morgan fingerprint density at radius 1 is 1.17 bits per heavy atom. The van der Waals surface area contributed by atoms with Gasteiger partial charge in [0.15, 0.2) is 0 Å². The van der Waals surface area contributed by atoms with E-state index in [4.69, 9.17) is 11.5 Å². The van der Waals surface area contributed by atoms with E-state index in [-0.39, 0.29) is 18.2 Å². The van der Waals surface area contributed by atoms with E-state index in [1.165, 1.54) is 6.92 Å². The highest BCUT2D eigenvalue weighted by Gasteiger charge is 2.53. The molecule has 0 aliphatic carbocycles. The van der Waals surface area contributed by atoms with Crippen LogP contribution < -0.4 is 16.8 Å². The van der Waals surface area contributed by atoms with Crippen molar-refractivity contribution in [1.29, 1.82) is 0 Å².